The Hall–Kier alpha value is -1.99. The Morgan fingerprint density at radius 3 is 2.60 bits per heavy atom. The Morgan fingerprint density at radius 1 is 1.10 bits per heavy atom. The van der Waals surface area contributed by atoms with Crippen molar-refractivity contribution in [3.8, 4) is 0 Å². The van der Waals surface area contributed by atoms with Gasteiger partial charge in [0.15, 0.2) is 0 Å². The summed E-state index contributed by atoms with van der Waals surface area (Å²) in [6.45, 7) is 0. The van der Waals surface area contributed by atoms with Gasteiger partial charge < -0.3 is 5.43 Å². The number of hydrogen-bond donors (Lipinski definition) is 2. The first-order valence-electron chi connectivity index (χ1n) is 5.93. The van der Waals surface area contributed by atoms with E-state index in [1.165, 1.54) is 21.1 Å². The first-order valence-corrected chi connectivity index (χ1v) is 8.32. The predicted molar refractivity (Wildman–Crippen MR) is 82.8 cm³/mol. The van der Waals surface area contributed by atoms with E-state index < -0.39 is 10.0 Å². The van der Waals surface area contributed by atoms with Gasteiger partial charge in [-0.05, 0) is 23.6 Å². The molecule has 0 radical (unpaired) electrons. The number of thiophene rings is 1. The van der Waals surface area contributed by atoms with Gasteiger partial charge in [-0.25, -0.2) is 8.42 Å². The molecule has 3 rings (SSSR count). The molecule has 0 spiro atoms. The fraction of sp³-hybridized carbons (Fsp3) is 0.0769. The lowest BCUT2D eigenvalue weighted by molar-refractivity contribution is 0.602. The highest BCUT2D eigenvalue weighted by Crippen LogP contribution is 2.36. The predicted octanol–water partition coefficient (Wildman–Crippen LogP) is 2.44. The minimum absolute atomic E-state index is 0.553. The molecule has 104 valence electrons. The van der Waals surface area contributed by atoms with Crippen LogP contribution in [0.25, 0.3) is 5.70 Å². The van der Waals surface area contributed by atoms with Crippen LogP contribution in [0.2, 0.25) is 0 Å². The van der Waals surface area contributed by atoms with Crippen LogP contribution in [-0.2, 0) is 10.0 Å². The van der Waals surface area contributed by atoms with Crippen LogP contribution in [0.1, 0.15) is 4.88 Å². The molecular formula is C13H13N3O2S2. The van der Waals surface area contributed by atoms with Crippen molar-refractivity contribution in [2.45, 2.75) is 0 Å². The number of para-hydroxylation sites is 1. The van der Waals surface area contributed by atoms with E-state index >= 15 is 0 Å². The van der Waals surface area contributed by atoms with Crippen molar-refractivity contribution < 1.29 is 8.42 Å². The van der Waals surface area contributed by atoms with E-state index in [1.807, 2.05) is 35.7 Å². The second kappa shape index (κ2) is 4.84. The third-order valence-corrected chi connectivity index (χ3v) is 5.42. The summed E-state index contributed by atoms with van der Waals surface area (Å²) in [4.78, 5) is 0.894. The second-order valence-corrected chi connectivity index (χ2v) is 7.02. The van der Waals surface area contributed by atoms with Gasteiger partial charge in [-0.15, -0.1) is 11.3 Å². The molecule has 1 aromatic heterocycles. The summed E-state index contributed by atoms with van der Waals surface area (Å²) in [5.74, 6) is 0. The van der Waals surface area contributed by atoms with Crippen LogP contribution in [0, 0.1) is 0 Å². The average Bonchev–Trinajstić information content (AvgIpc) is 2.92. The zero-order chi connectivity index (χ0) is 14.2. The molecule has 0 saturated heterocycles. The van der Waals surface area contributed by atoms with Crippen molar-refractivity contribution in [3.63, 3.8) is 0 Å². The number of anilines is 2. The van der Waals surface area contributed by atoms with E-state index in [9.17, 15) is 8.42 Å². The summed E-state index contributed by atoms with van der Waals surface area (Å²) in [7, 11) is -1.87. The highest BCUT2D eigenvalue weighted by atomic mass is 32.2. The topological polar surface area (TPSA) is 61.4 Å². The molecule has 0 saturated carbocycles. The van der Waals surface area contributed by atoms with Gasteiger partial charge in [-0.2, -0.15) is 0 Å². The van der Waals surface area contributed by atoms with Crippen LogP contribution in [0.5, 0.6) is 0 Å². The van der Waals surface area contributed by atoms with Crippen molar-refractivity contribution in [2.75, 3.05) is 16.8 Å². The van der Waals surface area contributed by atoms with Crippen LogP contribution in [0.3, 0.4) is 0 Å². The molecule has 1 aromatic carbocycles. The Morgan fingerprint density at radius 2 is 1.85 bits per heavy atom. The number of sulfonamides is 1. The first-order chi connectivity index (χ1) is 9.58. The van der Waals surface area contributed by atoms with Crippen molar-refractivity contribution >= 4 is 38.4 Å². The number of rotatable bonds is 3. The second-order valence-electron chi connectivity index (χ2n) is 4.29. The molecule has 5 nitrogen and oxygen atoms in total. The van der Waals surface area contributed by atoms with E-state index in [0.717, 1.165) is 10.6 Å². The molecule has 0 atom stereocenters. The molecule has 0 amide bonds. The SMILES string of the molecule is CN1c2ccsc2C(NNc2ccccc2)=CS1(=O)=O. The maximum absolute atomic E-state index is 12.1. The minimum atomic E-state index is -3.42. The van der Waals surface area contributed by atoms with Gasteiger partial charge in [0.05, 0.1) is 27.4 Å². The normalized spacial score (nSPS) is 16.2. The smallest absolute Gasteiger partial charge is 0.259 e. The highest BCUT2D eigenvalue weighted by Gasteiger charge is 2.27. The molecule has 7 heteroatoms. The molecule has 2 heterocycles. The number of fused-ring (bicyclic) bond motifs is 1. The third-order valence-electron chi connectivity index (χ3n) is 2.99. The van der Waals surface area contributed by atoms with Gasteiger partial charge in [0.1, 0.15) is 0 Å². The van der Waals surface area contributed by atoms with Crippen LogP contribution >= 0.6 is 11.3 Å². The fourth-order valence-corrected chi connectivity index (χ4v) is 4.00. The van der Waals surface area contributed by atoms with Crippen molar-refractivity contribution in [3.05, 3.63) is 52.1 Å². The van der Waals surface area contributed by atoms with Gasteiger partial charge in [-0.1, -0.05) is 18.2 Å². The lowest BCUT2D eigenvalue weighted by atomic mass is 10.3. The molecule has 2 N–H and O–H groups in total. The minimum Gasteiger partial charge on any atom is -0.301 e. The molecule has 2 aromatic rings. The fourth-order valence-electron chi connectivity index (χ4n) is 1.92. The van der Waals surface area contributed by atoms with E-state index in [0.29, 0.717) is 11.4 Å². The van der Waals surface area contributed by atoms with E-state index in [1.54, 1.807) is 13.1 Å². The largest absolute Gasteiger partial charge is 0.301 e. The molecule has 1 aliphatic rings. The van der Waals surface area contributed by atoms with Gasteiger partial charge in [0, 0.05) is 7.05 Å². The summed E-state index contributed by atoms with van der Waals surface area (Å²) in [6, 6.07) is 11.3. The molecule has 0 unspecified atom stereocenters. The van der Waals surface area contributed by atoms with E-state index in [-0.39, 0.29) is 0 Å². The average molecular weight is 307 g/mol. The van der Waals surface area contributed by atoms with Gasteiger partial charge in [0.25, 0.3) is 10.0 Å². The standard InChI is InChI=1S/C13H13N3O2S2/c1-16-12-7-8-19-13(12)11(9-20(16,17)18)15-14-10-5-3-2-4-6-10/h2-9,14-15H,1H3. The summed E-state index contributed by atoms with van der Waals surface area (Å²) < 4.78 is 25.4. The van der Waals surface area contributed by atoms with Crippen molar-refractivity contribution in [1.82, 2.24) is 5.43 Å². The van der Waals surface area contributed by atoms with E-state index in [2.05, 4.69) is 10.9 Å². The summed E-state index contributed by atoms with van der Waals surface area (Å²) in [5, 5.41) is 3.11. The Kier molecular flexibility index (Phi) is 3.15. The molecule has 0 fully saturated rings. The van der Waals surface area contributed by atoms with Gasteiger partial charge >= 0.3 is 0 Å². The van der Waals surface area contributed by atoms with Crippen LogP contribution in [0.15, 0.2) is 47.2 Å². The number of benzene rings is 1. The molecule has 20 heavy (non-hydrogen) atoms. The lowest BCUT2D eigenvalue weighted by Gasteiger charge is -2.24. The number of nitrogens with zero attached hydrogens (tertiary/aromatic N) is 1. The van der Waals surface area contributed by atoms with Crippen molar-refractivity contribution in [1.29, 1.82) is 0 Å². The zero-order valence-corrected chi connectivity index (χ0v) is 12.3. The number of nitrogens with one attached hydrogen (secondary N) is 2. The lowest BCUT2D eigenvalue weighted by Crippen LogP contribution is -2.31. The zero-order valence-electron chi connectivity index (χ0n) is 10.7. The summed E-state index contributed by atoms with van der Waals surface area (Å²) in [6.07, 6.45) is 0. The monoisotopic (exact) mass is 307 g/mol. The van der Waals surface area contributed by atoms with Crippen LogP contribution in [-0.4, -0.2) is 15.5 Å². The maximum atomic E-state index is 12.1. The molecule has 1 aliphatic heterocycles. The van der Waals surface area contributed by atoms with Crippen LogP contribution < -0.4 is 15.2 Å². The first kappa shape index (κ1) is 13.0. The van der Waals surface area contributed by atoms with Gasteiger partial charge in [-0.3, -0.25) is 9.73 Å². The van der Waals surface area contributed by atoms with Gasteiger partial charge in [0.2, 0.25) is 0 Å². The Balaban J connectivity index is 1.90. The molecule has 0 aliphatic carbocycles. The third kappa shape index (κ3) is 2.25. The number of hydrogen-bond acceptors (Lipinski definition) is 5. The highest BCUT2D eigenvalue weighted by molar-refractivity contribution is 7.95. The van der Waals surface area contributed by atoms with E-state index in [4.69, 9.17) is 0 Å². The Labute approximate surface area is 121 Å². The van der Waals surface area contributed by atoms with Crippen LogP contribution in [0.4, 0.5) is 11.4 Å². The molecular weight excluding hydrogens is 294 g/mol. The molecule has 0 bridgehead atoms. The summed E-state index contributed by atoms with van der Waals surface area (Å²) in [5.41, 5.74) is 8.08. The summed E-state index contributed by atoms with van der Waals surface area (Å²) >= 11 is 1.50. The van der Waals surface area contributed by atoms with Crippen molar-refractivity contribution in [2.24, 2.45) is 0 Å². The quantitative estimate of drug-likeness (QED) is 0.855. The maximum Gasteiger partial charge on any atom is 0.259 e. The Bertz CT molecular complexity index is 751. The number of hydrazine groups is 1.